The quantitative estimate of drug-likeness (QED) is 0.0392. The molecule has 8 rings (SSSR count). The van der Waals surface area contributed by atoms with Crippen LogP contribution in [0.15, 0.2) is 41.2 Å². The summed E-state index contributed by atoms with van der Waals surface area (Å²) < 4.78 is 35.0. The van der Waals surface area contributed by atoms with Crippen LogP contribution >= 0.6 is 0 Å². The van der Waals surface area contributed by atoms with E-state index in [2.05, 4.69) is 10.6 Å². The number of pyridine rings is 2. The number of nitrogens with zero attached hydrogens (tertiary/aromatic N) is 3. The maximum Gasteiger partial charge on any atom is 0.343 e. The number of amides is 4. The van der Waals surface area contributed by atoms with Gasteiger partial charge in [0.25, 0.3) is 17.4 Å². The average Bonchev–Trinajstić information content (AvgIpc) is 3.92. The number of fused-ring (bicyclic) bond motifs is 5. The second-order valence-electron chi connectivity index (χ2n) is 19.3. The van der Waals surface area contributed by atoms with Gasteiger partial charge in [0.15, 0.2) is 5.60 Å². The lowest BCUT2D eigenvalue weighted by molar-refractivity contribution is -0.172. The molecular weight excluding hydrogens is 931 g/mol. The maximum absolute atomic E-state index is 13.7. The topological polar surface area (TPSA) is 240 Å². The van der Waals surface area contributed by atoms with Crippen molar-refractivity contribution in [1.29, 1.82) is 0 Å². The number of esters is 2. The number of benzene rings is 1. The van der Waals surface area contributed by atoms with Gasteiger partial charge in [0, 0.05) is 60.6 Å². The number of hydrogen-bond acceptors (Lipinski definition) is 15. The van der Waals surface area contributed by atoms with Gasteiger partial charge in [0.2, 0.25) is 11.8 Å². The number of cyclic esters (lactones) is 1. The highest BCUT2D eigenvalue weighted by Gasteiger charge is 2.45. The molecule has 2 saturated carbocycles. The highest BCUT2D eigenvalue weighted by molar-refractivity contribution is 6.12. The SMILES string of the molecule is CCc1c2c(nc3ccc(OC(=O)C4CCC(CNC(=O)CCOCCOCCOCCOCCNC(=O)C5CCC(CN6C(=O)C=CC6=O)CC5)CC4)cc13)-c1cc3c(c(=O)n1C2)COC(=O)C3(O)CC. The molecule has 0 radical (unpaired) electrons. The molecule has 388 valence electrons. The highest BCUT2D eigenvalue weighted by Crippen LogP contribution is 2.41. The smallest absolute Gasteiger partial charge is 0.343 e. The number of hydrogen-bond donors (Lipinski definition) is 3. The highest BCUT2D eigenvalue weighted by atomic mass is 16.6. The molecule has 2 fully saturated rings. The summed E-state index contributed by atoms with van der Waals surface area (Å²) in [6, 6.07) is 7.08. The molecule has 5 heterocycles. The van der Waals surface area contributed by atoms with Crippen LogP contribution in [0.5, 0.6) is 5.75 Å². The van der Waals surface area contributed by atoms with Gasteiger partial charge in [0.1, 0.15) is 12.4 Å². The number of imide groups is 1. The zero-order valence-electron chi connectivity index (χ0n) is 41.3. The van der Waals surface area contributed by atoms with E-state index in [0.29, 0.717) is 108 Å². The van der Waals surface area contributed by atoms with Crippen LogP contribution in [0.4, 0.5) is 0 Å². The van der Waals surface area contributed by atoms with Gasteiger partial charge in [-0.05, 0) is 106 Å². The van der Waals surface area contributed by atoms with E-state index < -0.39 is 11.6 Å². The predicted molar refractivity (Wildman–Crippen MR) is 260 cm³/mol. The lowest BCUT2D eigenvalue weighted by Gasteiger charge is -2.31. The zero-order valence-corrected chi connectivity index (χ0v) is 41.3. The van der Waals surface area contributed by atoms with Crippen molar-refractivity contribution in [2.75, 3.05) is 72.5 Å². The number of rotatable bonds is 24. The number of carbonyl (C=O) groups excluding carboxylic acids is 6. The van der Waals surface area contributed by atoms with Crippen molar-refractivity contribution in [3.05, 3.63) is 69.0 Å². The minimum atomic E-state index is -1.91. The Hall–Kier alpha value is -5.86. The van der Waals surface area contributed by atoms with Gasteiger partial charge in [-0.15, -0.1) is 0 Å². The standard InChI is InChI=1S/C53H67N5O14/c1-3-38-39-27-37(13-14-43(39)56-48-40(38)31-57-44(48)28-42-41(50(57)63)32-71-52(65)53(42,66)4-2)72-51(64)36-11-5-33(6-12-36)29-55-45(59)17-19-67-21-23-69-25-26-70-24-22-68-20-18-54-49(62)35-9-7-34(8-10-35)30-58-46(60)15-16-47(58)61/h13-16,27-28,33-36,66H,3-12,17-26,29-32H2,1-2H3,(H,54,62)(H,55,59). The first kappa shape index (κ1) is 52.5. The van der Waals surface area contributed by atoms with Crippen molar-refractivity contribution < 1.29 is 62.3 Å². The molecule has 3 aromatic rings. The molecular formula is C53H67N5O14. The summed E-state index contributed by atoms with van der Waals surface area (Å²) in [5, 5.41) is 18.0. The summed E-state index contributed by atoms with van der Waals surface area (Å²) in [6.07, 6.45) is 9.51. The van der Waals surface area contributed by atoms with Crippen LogP contribution in [-0.2, 0) is 77.6 Å². The lowest BCUT2D eigenvalue weighted by atomic mass is 9.81. The predicted octanol–water partition coefficient (Wildman–Crippen LogP) is 3.77. The first-order chi connectivity index (χ1) is 34.9. The van der Waals surface area contributed by atoms with Gasteiger partial charge in [0.05, 0.1) is 87.8 Å². The van der Waals surface area contributed by atoms with Crippen molar-refractivity contribution in [3.8, 4) is 17.1 Å². The van der Waals surface area contributed by atoms with Crippen LogP contribution in [0, 0.1) is 23.7 Å². The van der Waals surface area contributed by atoms with Gasteiger partial charge in [-0.25, -0.2) is 9.78 Å². The fourth-order valence-electron chi connectivity index (χ4n) is 10.6. The molecule has 1 unspecified atom stereocenters. The fourth-order valence-corrected chi connectivity index (χ4v) is 10.6. The van der Waals surface area contributed by atoms with E-state index in [-0.39, 0.29) is 103 Å². The number of aryl methyl sites for hydroxylation is 1. The Morgan fingerprint density at radius 1 is 0.778 bits per heavy atom. The Balaban J connectivity index is 0.640. The van der Waals surface area contributed by atoms with Gasteiger partial charge < -0.3 is 48.7 Å². The van der Waals surface area contributed by atoms with Crippen LogP contribution in [-0.4, -0.2) is 128 Å². The van der Waals surface area contributed by atoms with Crippen LogP contribution < -0.4 is 20.9 Å². The molecule has 1 aromatic carbocycles. The monoisotopic (exact) mass is 997 g/mol. The Morgan fingerprint density at radius 2 is 1.42 bits per heavy atom. The molecule has 4 amide bonds. The number of aromatic nitrogens is 2. The van der Waals surface area contributed by atoms with E-state index in [1.165, 1.54) is 17.1 Å². The Labute approximate surface area is 418 Å². The molecule has 3 aliphatic heterocycles. The number of carbonyl (C=O) groups is 6. The van der Waals surface area contributed by atoms with Crippen LogP contribution in [0.1, 0.15) is 100 Å². The summed E-state index contributed by atoms with van der Waals surface area (Å²) >= 11 is 0. The molecule has 19 nitrogen and oxygen atoms in total. The zero-order chi connectivity index (χ0) is 50.8. The van der Waals surface area contributed by atoms with Gasteiger partial charge in [-0.2, -0.15) is 0 Å². The van der Waals surface area contributed by atoms with E-state index in [9.17, 15) is 38.7 Å². The van der Waals surface area contributed by atoms with Gasteiger partial charge >= 0.3 is 11.9 Å². The summed E-state index contributed by atoms with van der Waals surface area (Å²) in [5.41, 5.74) is 2.02. The summed E-state index contributed by atoms with van der Waals surface area (Å²) in [4.78, 5) is 94.6. The van der Waals surface area contributed by atoms with E-state index >= 15 is 0 Å². The van der Waals surface area contributed by atoms with Crippen molar-refractivity contribution in [3.63, 3.8) is 0 Å². The summed E-state index contributed by atoms with van der Waals surface area (Å²) in [6.45, 7) is 8.11. The third-order valence-electron chi connectivity index (χ3n) is 14.8. The van der Waals surface area contributed by atoms with Crippen LogP contribution in [0.25, 0.3) is 22.3 Å². The Morgan fingerprint density at radius 3 is 2.08 bits per heavy atom. The van der Waals surface area contributed by atoms with E-state index in [4.69, 9.17) is 33.4 Å². The normalized spacial score (nSPS) is 22.4. The number of aliphatic hydroxyl groups is 1. The third kappa shape index (κ3) is 12.1. The van der Waals surface area contributed by atoms with Crippen molar-refractivity contribution in [2.24, 2.45) is 23.7 Å². The van der Waals surface area contributed by atoms with Crippen molar-refractivity contribution in [2.45, 2.75) is 103 Å². The molecule has 3 N–H and O–H groups in total. The molecule has 2 aromatic heterocycles. The molecule has 1 atom stereocenters. The molecule has 19 heteroatoms. The first-order valence-corrected chi connectivity index (χ1v) is 25.6. The minimum absolute atomic E-state index is 0.0117. The van der Waals surface area contributed by atoms with E-state index in [1.54, 1.807) is 23.6 Å². The van der Waals surface area contributed by atoms with E-state index in [0.717, 1.165) is 55.0 Å². The average molecular weight is 998 g/mol. The first-order valence-electron chi connectivity index (χ1n) is 25.6. The fraction of sp³-hybridized carbons (Fsp3) is 0.585. The Bertz CT molecular complexity index is 2580. The van der Waals surface area contributed by atoms with E-state index in [1.807, 2.05) is 19.1 Å². The molecule has 0 spiro atoms. The summed E-state index contributed by atoms with van der Waals surface area (Å²) in [7, 11) is 0. The molecule has 72 heavy (non-hydrogen) atoms. The molecule has 0 bridgehead atoms. The summed E-state index contributed by atoms with van der Waals surface area (Å²) in [5.74, 6) is -1.06. The van der Waals surface area contributed by atoms with Crippen LogP contribution in [0.2, 0.25) is 0 Å². The van der Waals surface area contributed by atoms with Crippen LogP contribution in [0.3, 0.4) is 0 Å². The maximum atomic E-state index is 13.7. The minimum Gasteiger partial charge on any atom is -0.458 e. The van der Waals surface area contributed by atoms with Crippen molar-refractivity contribution in [1.82, 2.24) is 25.1 Å². The van der Waals surface area contributed by atoms with Crippen molar-refractivity contribution >= 4 is 46.5 Å². The molecule has 0 saturated heterocycles. The Kier molecular flexibility index (Phi) is 17.7. The second-order valence-corrected chi connectivity index (χ2v) is 19.3. The lowest BCUT2D eigenvalue weighted by Crippen LogP contribution is -2.44. The molecule has 2 aliphatic carbocycles. The third-order valence-corrected chi connectivity index (χ3v) is 14.8. The molecule has 5 aliphatic rings. The number of ether oxygens (including phenoxy) is 6. The van der Waals surface area contributed by atoms with Gasteiger partial charge in [-0.1, -0.05) is 13.8 Å². The van der Waals surface area contributed by atoms with Gasteiger partial charge in [-0.3, -0.25) is 33.7 Å². The second kappa shape index (κ2) is 24.2. The largest absolute Gasteiger partial charge is 0.458 e. The number of nitrogens with one attached hydrogen (secondary N) is 2.